The Hall–Kier alpha value is -2.79. The van der Waals surface area contributed by atoms with Crippen molar-refractivity contribution >= 4 is 17.5 Å². The Balaban J connectivity index is 1.89. The van der Waals surface area contributed by atoms with E-state index in [1.54, 1.807) is 19.3 Å². The summed E-state index contributed by atoms with van der Waals surface area (Å²) in [6.45, 7) is 1.71. The maximum absolute atomic E-state index is 11.6. The van der Waals surface area contributed by atoms with Crippen LogP contribution in [-0.4, -0.2) is 20.9 Å². The third-order valence-corrected chi connectivity index (χ3v) is 3.78. The Labute approximate surface area is 144 Å². The van der Waals surface area contributed by atoms with Crippen LogP contribution < -0.4 is 5.73 Å². The molecule has 120 valence electrons. The zero-order chi connectivity index (χ0) is 17.1. The normalized spacial score (nSPS) is 10.6. The van der Waals surface area contributed by atoms with E-state index in [9.17, 15) is 4.79 Å². The number of rotatable bonds is 4. The highest BCUT2D eigenvalue weighted by molar-refractivity contribution is 6.30. The van der Waals surface area contributed by atoms with Gasteiger partial charge in [0.05, 0.1) is 5.69 Å². The molecule has 5 nitrogen and oxygen atoms in total. The maximum atomic E-state index is 11.6. The third kappa shape index (κ3) is 3.58. The monoisotopic (exact) mass is 338 g/mol. The number of hydrogen-bond acceptors (Lipinski definition) is 4. The largest absolute Gasteiger partial charge is 0.364 e. The molecule has 2 aromatic heterocycles. The Morgan fingerprint density at radius 2 is 1.96 bits per heavy atom. The maximum Gasteiger partial charge on any atom is 0.268 e. The fraction of sp³-hybridized carbons (Fsp3) is 0.111. The fourth-order valence-corrected chi connectivity index (χ4v) is 2.63. The van der Waals surface area contributed by atoms with E-state index in [1.807, 2.05) is 36.4 Å². The van der Waals surface area contributed by atoms with Gasteiger partial charge in [-0.05, 0) is 42.7 Å². The van der Waals surface area contributed by atoms with Crippen molar-refractivity contribution in [2.75, 3.05) is 0 Å². The summed E-state index contributed by atoms with van der Waals surface area (Å²) in [6.07, 6.45) is 4.06. The Kier molecular flexibility index (Phi) is 4.53. The number of nitrogens with two attached hydrogens (primary N) is 1. The van der Waals surface area contributed by atoms with Gasteiger partial charge >= 0.3 is 0 Å². The molecular weight excluding hydrogens is 324 g/mol. The fourth-order valence-electron chi connectivity index (χ4n) is 2.42. The first-order chi connectivity index (χ1) is 11.5. The van der Waals surface area contributed by atoms with Crippen LogP contribution in [0.2, 0.25) is 5.02 Å². The van der Waals surface area contributed by atoms with Gasteiger partial charge < -0.3 is 5.73 Å². The molecule has 2 heterocycles. The van der Waals surface area contributed by atoms with Gasteiger partial charge in [-0.3, -0.25) is 9.78 Å². The number of hydrogen-bond donors (Lipinski definition) is 1. The van der Waals surface area contributed by atoms with Gasteiger partial charge in [0.15, 0.2) is 0 Å². The molecule has 0 aliphatic carbocycles. The van der Waals surface area contributed by atoms with Crippen LogP contribution in [0.5, 0.6) is 0 Å². The van der Waals surface area contributed by atoms with Gasteiger partial charge in [-0.1, -0.05) is 29.8 Å². The molecule has 1 amide bonds. The average Bonchev–Trinajstić information content (AvgIpc) is 2.56. The molecule has 0 fully saturated rings. The molecule has 0 saturated heterocycles. The second kappa shape index (κ2) is 6.76. The zero-order valence-electron chi connectivity index (χ0n) is 13.0. The molecule has 2 N–H and O–H groups in total. The number of aryl methyl sites for hydroxylation is 1. The molecule has 0 saturated carbocycles. The van der Waals surface area contributed by atoms with Crippen LogP contribution in [0.3, 0.4) is 0 Å². The van der Waals surface area contributed by atoms with E-state index >= 15 is 0 Å². The SMILES string of the molecule is Cc1ncc(-c2ccc(Cc3cccc(Cl)c3)cn2)c(C(N)=O)n1. The molecular formula is C18H15ClN4O. The molecule has 0 aliphatic rings. The number of halogens is 1. The van der Waals surface area contributed by atoms with Crippen molar-refractivity contribution in [3.05, 3.63) is 76.5 Å². The highest BCUT2D eigenvalue weighted by atomic mass is 35.5. The minimum absolute atomic E-state index is 0.178. The van der Waals surface area contributed by atoms with Crippen molar-refractivity contribution in [1.29, 1.82) is 0 Å². The van der Waals surface area contributed by atoms with Crippen LogP contribution >= 0.6 is 11.6 Å². The van der Waals surface area contributed by atoms with Crippen LogP contribution in [-0.2, 0) is 6.42 Å². The molecule has 3 aromatic rings. The van der Waals surface area contributed by atoms with E-state index in [1.165, 1.54) is 0 Å². The quantitative estimate of drug-likeness (QED) is 0.792. The summed E-state index contributed by atoms with van der Waals surface area (Å²) >= 11 is 6.00. The molecule has 0 aliphatic heterocycles. The minimum Gasteiger partial charge on any atom is -0.364 e. The molecule has 1 aromatic carbocycles. The second-order valence-electron chi connectivity index (χ2n) is 5.40. The van der Waals surface area contributed by atoms with Crippen LogP contribution in [0.1, 0.15) is 27.4 Å². The van der Waals surface area contributed by atoms with Crippen LogP contribution in [0.15, 0.2) is 48.8 Å². The molecule has 0 bridgehead atoms. The molecule has 6 heteroatoms. The first kappa shape index (κ1) is 16.1. The summed E-state index contributed by atoms with van der Waals surface area (Å²) in [5.41, 5.74) is 8.86. The molecule has 0 radical (unpaired) electrons. The average molecular weight is 339 g/mol. The molecule has 0 unspecified atom stereocenters. The lowest BCUT2D eigenvalue weighted by Crippen LogP contribution is -2.16. The summed E-state index contributed by atoms with van der Waals surface area (Å²) in [5, 5.41) is 0.708. The van der Waals surface area contributed by atoms with Crippen molar-refractivity contribution < 1.29 is 4.79 Å². The standard InChI is InChI=1S/C18H15ClN4O/c1-11-21-10-15(17(23-11)18(20)24)16-6-5-13(9-22-16)7-12-3-2-4-14(19)8-12/h2-6,8-10H,7H2,1H3,(H2,20,24). The van der Waals surface area contributed by atoms with Crippen molar-refractivity contribution in [3.63, 3.8) is 0 Å². The van der Waals surface area contributed by atoms with E-state index in [4.69, 9.17) is 17.3 Å². The molecule has 3 rings (SSSR count). The lowest BCUT2D eigenvalue weighted by Gasteiger charge is -2.07. The Morgan fingerprint density at radius 3 is 2.62 bits per heavy atom. The van der Waals surface area contributed by atoms with Gasteiger partial charge in [-0.2, -0.15) is 0 Å². The third-order valence-electron chi connectivity index (χ3n) is 3.54. The van der Waals surface area contributed by atoms with Crippen LogP contribution in [0.4, 0.5) is 0 Å². The number of benzene rings is 1. The van der Waals surface area contributed by atoms with Gasteiger partial charge in [0.1, 0.15) is 11.5 Å². The van der Waals surface area contributed by atoms with Crippen LogP contribution in [0, 0.1) is 6.92 Å². The first-order valence-electron chi connectivity index (χ1n) is 7.36. The lowest BCUT2D eigenvalue weighted by molar-refractivity contribution is 0.0996. The predicted octanol–water partition coefficient (Wildman–Crippen LogP) is 3.19. The number of aromatic nitrogens is 3. The highest BCUT2D eigenvalue weighted by Crippen LogP contribution is 2.21. The number of carbonyl (C=O) groups is 1. The Bertz CT molecular complexity index is 894. The highest BCUT2D eigenvalue weighted by Gasteiger charge is 2.14. The van der Waals surface area contributed by atoms with Gasteiger partial charge in [0.2, 0.25) is 0 Å². The molecule has 0 spiro atoms. The van der Waals surface area contributed by atoms with Crippen molar-refractivity contribution in [3.8, 4) is 11.3 Å². The minimum atomic E-state index is -0.597. The van der Waals surface area contributed by atoms with Gasteiger partial charge in [0, 0.05) is 23.0 Å². The van der Waals surface area contributed by atoms with E-state index in [2.05, 4.69) is 15.0 Å². The number of carbonyl (C=O) groups excluding carboxylic acids is 1. The van der Waals surface area contributed by atoms with Crippen molar-refractivity contribution in [2.45, 2.75) is 13.3 Å². The summed E-state index contributed by atoms with van der Waals surface area (Å²) in [7, 11) is 0. The van der Waals surface area contributed by atoms with E-state index < -0.39 is 5.91 Å². The van der Waals surface area contributed by atoms with Gasteiger partial charge in [0.25, 0.3) is 5.91 Å². The predicted molar refractivity (Wildman–Crippen MR) is 92.8 cm³/mol. The van der Waals surface area contributed by atoms with Crippen molar-refractivity contribution in [2.24, 2.45) is 5.73 Å². The number of nitrogens with zero attached hydrogens (tertiary/aromatic N) is 3. The summed E-state index contributed by atoms with van der Waals surface area (Å²) in [6, 6.07) is 11.5. The Morgan fingerprint density at radius 1 is 1.12 bits per heavy atom. The summed E-state index contributed by atoms with van der Waals surface area (Å²) < 4.78 is 0. The second-order valence-corrected chi connectivity index (χ2v) is 5.84. The molecule has 0 atom stereocenters. The summed E-state index contributed by atoms with van der Waals surface area (Å²) in [4.78, 5) is 24.2. The van der Waals surface area contributed by atoms with Gasteiger partial charge in [-0.15, -0.1) is 0 Å². The van der Waals surface area contributed by atoms with E-state index in [0.717, 1.165) is 17.5 Å². The van der Waals surface area contributed by atoms with Crippen LogP contribution in [0.25, 0.3) is 11.3 Å². The first-order valence-corrected chi connectivity index (χ1v) is 7.74. The summed E-state index contributed by atoms with van der Waals surface area (Å²) in [5.74, 6) is -0.106. The smallest absolute Gasteiger partial charge is 0.268 e. The lowest BCUT2D eigenvalue weighted by atomic mass is 10.1. The topological polar surface area (TPSA) is 81.8 Å². The van der Waals surface area contributed by atoms with Crippen molar-refractivity contribution in [1.82, 2.24) is 15.0 Å². The number of primary amides is 1. The zero-order valence-corrected chi connectivity index (χ0v) is 13.8. The number of pyridine rings is 1. The van der Waals surface area contributed by atoms with Gasteiger partial charge in [-0.25, -0.2) is 9.97 Å². The molecule has 24 heavy (non-hydrogen) atoms. The van der Waals surface area contributed by atoms with E-state index in [0.29, 0.717) is 22.1 Å². The number of amides is 1. The van der Waals surface area contributed by atoms with E-state index in [-0.39, 0.29) is 5.69 Å².